The first-order chi connectivity index (χ1) is 12.1. The smallest absolute Gasteiger partial charge is 0.260 e. The molecule has 0 radical (unpaired) electrons. The second-order valence-corrected chi connectivity index (χ2v) is 7.44. The van der Waals surface area contributed by atoms with Crippen molar-refractivity contribution in [2.45, 2.75) is 44.4 Å². The molecule has 2 rings (SSSR count). The van der Waals surface area contributed by atoms with Crippen molar-refractivity contribution in [3.05, 3.63) is 29.8 Å². The van der Waals surface area contributed by atoms with Gasteiger partial charge in [-0.05, 0) is 38.5 Å². The van der Waals surface area contributed by atoms with E-state index in [1.165, 1.54) is 11.8 Å². The van der Waals surface area contributed by atoms with Crippen LogP contribution in [0.1, 0.15) is 44.7 Å². The van der Waals surface area contributed by atoms with E-state index in [2.05, 4.69) is 5.32 Å². The highest BCUT2D eigenvalue weighted by atomic mass is 32.2. The monoisotopic (exact) mass is 364 g/mol. The number of para-hydroxylation sites is 1. The Balaban J connectivity index is 2.04. The van der Waals surface area contributed by atoms with E-state index in [0.717, 1.165) is 37.9 Å². The lowest BCUT2D eigenvalue weighted by Crippen LogP contribution is -2.34. The van der Waals surface area contributed by atoms with Gasteiger partial charge in [-0.3, -0.25) is 9.59 Å². The van der Waals surface area contributed by atoms with Crippen molar-refractivity contribution < 1.29 is 14.3 Å². The van der Waals surface area contributed by atoms with E-state index in [9.17, 15) is 9.59 Å². The molecule has 1 heterocycles. The van der Waals surface area contributed by atoms with Gasteiger partial charge >= 0.3 is 0 Å². The van der Waals surface area contributed by atoms with Crippen LogP contribution in [-0.4, -0.2) is 47.9 Å². The Labute approximate surface area is 154 Å². The number of hydrogen-bond donors (Lipinski definition) is 1. The number of nitrogens with zero attached hydrogens (tertiary/aromatic N) is 1. The van der Waals surface area contributed by atoms with Crippen LogP contribution in [0.25, 0.3) is 0 Å². The van der Waals surface area contributed by atoms with Crippen LogP contribution < -0.4 is 10.1 Å². The summed E-state index contributed by atoms with van der Waals surface area (Å²) in [5.41, 5.74) is 0.917. The SMILES string of the molecule is CC[C@H](NC(=O)[C@@H](C)SC)c1ccccc1OCC(=O)N1CCCC1. The standard InChI is InChI=1S/C19H28N2O3S/c1-4-16(20-19(23)14(2)25-3)15-9-5-6-10-17(15)24-13-18(22)21-11-7-8-12-21/h5-6,9-10,14,16H,4,7-8,11-13H2,1-3H3,(H,20,23)/t14-,16+/m1/s1. The molecule has 2 amide bonds. The fourth-order valence-corrected chi connectivity index (χ4v) is 3.18. The number of benzene rings is 1. The molecule has 1 aliphatic heterocycles. The number of thioether (sulfide) groups is 1. The summed E-state index contributed by atoms with van der Waals surface area (Å²) in [7, 11) is 0. The Hall–Kier alpha value is -1.69. The fourth-order valence-electron chi connectivity index (χ4n) is 2.89. The maximum Gasteiger partial charge on any atom is 0.260 e. The predicted molar refractivity (Wildman–Crippen MR) is 102 cm³/mol. The summed E-state index contributed by atoms with van der Waals surface area (Å²) >= 11 is 1.52. The van der Waals surface area contributed by atoms with Gasteiger partial charge in [-0.15, -0.1) is 0 Å². The van der Waals surface area contributed by atoms with Gasteiger partial charge in [0.15, 0.2) is 6.61 Å². The zero-order valence-electron chi connectivity index (χ0n) is 15.3. The molecule has 138 valence electrons. The number of hydrogen-bond acceptors (Lipinski definition) is 4. The summed E-state index contributed by atoms with van der Waals surface area (Å²) in [6.07, 6.45) is 4.82. The average molecular weight is 365 g/mol. The zero-order chi connectivity index (χ0) is 18.2. The molecule has 1 aromatic rings. The third-order valence-corrected chi connectivity index (χ3v) is 5.47. The van der Waals surface area contributed by atoms with Gasteiger partial charge < -0.3 is 15.0 Å². The minimum absolute atomic E-state index is 0.0160. The number of ether oxygens (including phenoxy) is 1. The first-order valence-electron chi connectivity index (χ1n) is 8.89. The van der Waals surface area contributed by atoms with Crippen LogP contribution in [0.4, 0.5) is 0 Å². The van der Waals surface area contributed by atoms with E-state index < -0.39 is 0 Å². The second kappa shape index (κ2) is 9.70. The third-order valence-electron chi connectivity index (χ3n) is 4.55. The molecule has 0 unspecified atom stereocenters. The van der Waals surface area contributed by atoms with E-state index in [-0.39, 0.29) is 29.7 Å². The molecule has 1 fully saturated rings. The summed E-state index contributed by atoms with van der Waals surface area (Å²) in [4.78, 5) is 26.3. The van der Waals surface area contributed by atoms with Crippen molar-refractivity contribution in [3.63, 3.8) is 0 Å². The first-order valence-corrected chi connectivity index (χ1v) is 10.2. The number of amides is 2. The van der Waals surface area contributed by atoms with E-state index in [1.807, 2.05) is 49.3 Å². The summed E-state index contributed by atoms with van der Waals surface area (Å²) in [6, 6.07) is 7.50. The van der Waals surface area contributed by atoms with Crippen LogP contribution in [0.3, 0.4) is 0 Å². The van der Waals surface area contributed by atoms with E-state index in [4.69, 9.17) is 4.74 Å². The van der Waals surface area contributed by atoms with Crippen LogP contribution in [0.15, 0.2) is 24.3 Å². The van der Waals surface area contributed by atoms with Gasteiger partial charge in [0.2, 0.25) is 5.91 Å². The largest absolute Gasteiger partial charge is 0.483 e. The normalized spacial score (nSPS) is 16.4. The Morgan fingerprint density at radius 1 is 1.28 bits per heavy atom. The summed E-state index contributed by atoms with van der Waals surface area (Å²) in [5, 5.41) is 2.98. The molecule has 0 aromatic heterocycles. The molecule has 5 nitrogen and oxygen atoms in total. The molecule has 0 spiro atoms. The average Bonchev–Trinajstić information content (AvgIpc) is 3.18. The highest BCUT2D eigenvalue weighted by molar-refractivity contribution is 7.99. The molecule has 1 saturated heterocycles. The maximum absolute atomic E-state index is 12.2. The highest BCUT2D eigenvalue weighted by Gasteiger charge is 2.22. The van der Waals surface area contributed by atoms with Crippen molar-refractivity contribution in [1.29, 1.82) is 0 Å². The molecule has 0 bridgehead atoms. The molecule has 2 atom stereocenters. The minimum Gasteiger partial charge on any atom is -0.483 e. The quantitative estimate of drug-likeness (QED) is 0.770. The lowest BCUT2D eigenvalue weighted by molar-refractivity contribution is -0.132. The van der Waals surface area contributed by atoms with Gasteiger partial charge in [-0.1, -0.05) is 25.1 Å². The van der Waals surface area contributed by atoms with Crippen LogP contribution >= 0.6 is 11.8 Å². The van der Waals surface area contributed by atoms with Crippen molar-refractivity contribution in [3.8, 4) is 5.75 Å². The van der Waals surface area contributed by atoms with Crippen LogP contribution in [0.5, 0.6) is 5.75 Å². The Kier molecular flexibility index (Phi) is 7.62. The van der Waals surface area contributed by atoms with Gasteiger partial charge in [0, 0.05) is 18.7 Å². The summed E-state index contributed by atoms with van der Waals surface area (Å²) in [5.74, 6) is 0.710. The lowest BCUT2D eigenvalue weighted by atomic mass is 10.0. The van der Waals surface area contributed by atoms with Gasteiger partial charge in [-0.2, -0.15) is 11.8 Å². The minimum atomic E-state index is -0.125. The number of nitrogens with one attached hydrogen (secondary N) is 1. The van der Waals surface area contributed by atoms with Gasteiger partial charge in [-0.25, -0.2) is 0 Å². The first kappa shape index (κ1) is 19.6. The molecule has 0 aliphatic carbocycles. The second-order valence-electron chi connectivity index (χ2n) is 6.26. The molecule has 1 aliphatic rings. The molecule has 1 aromatic carbocycles. The molecular weight excluding hydrogens is 336 g/mol. The van der Waals surface area contributed by atoms with E-state index in [0.29, 0.717) is 5.75 Å². The van der Waals surface area contributed by atoms with Crippen molar-refractivity contribution in [2.24, 2.45) is 0 Å². The molecule has 25 heavy (non-hydrogen) atoms. The highest BCUT2D eigenvalue weighted by Crippen LogP contribution is 2.28. The fraction of sp³-hybridized carbons (Fsp3) is 0.579. The zero-order valence-corrected chi connectivity index (χ0v) is 16.1. The molecule has 6 heteroatoms. The van der Waals surface area contributed by atoms with Gasteiger partial charge in [0.1, 0.15) is 5.75 Å². The summed E-state index contributed by atoms with van der Waals surface area (Å²) in [6.45, 7) is 5.61. The number of carbonyl (C=O) groups is 2. The molecule has 0 saturated carbocycles. The molecule has 1 N–H and O–H groups in total. The summed E-state index contributed by atoms with van der Waals surface area (Å²) < 4.78 is 5.81. The van der Waals surface area contributed by atoms with Crippen LogP contribution in [0, 0.1) is 0 Å². The molecular formula is C19H28N2O3S. The lowest BCUT2D eigenvalue weighted by Gasteiger charge is -2.22. The Morgan fingerprint density at radius 3 is 2.60 bits per heavy atom. The topological polar surface area (TPSA) is 58.6 Å². The Bertz CT molecular complexity index is 588. The van der Waals surface area contributed by atoms with E-state index >= 15 is 0 Å². The maximum atomic E-state index is 12.2. The van der Waals surface area contributed by atoms with Gasteiger partial charge in [0.05, 0.1) is 11.3 Å². The van der Waals surface area contributed by atoms with Crippen LogP contribution in [-0.2, 0) is 9.59 Å². The predicted octanol–water partition coefficient (Wildman–Crippen LogP) is 3.01. The Morgan fingerprint density at radius 2 is 1.96 bits per heavy atom. The van der Waals surface area contributed by atoms with Crippen LogP contribution in [0.2, 0.25) is 0 Å². The van der Waals surface area contributed by atoms with Crippen molar-refractivity contribution >= 4 is 23.6 Å². The third kappa shape index (κ3) is 5.39. The number of carbonyl (C=O) groups excluding carboxylic acids is 2. The number of rotatable bonds is 8. The number of likely N-dealkylation sites (tertiary alicyclic amines) is 1. The van der Waals surface area contributed by atoms with Gasteiger partial charge in [0.25, 0.3) is 5.91 Å². The van der Waals surface area contributed by atoms with Crippen molar-refractivity contribution in [1.82, 2.24) is 10.2 Å². The van der Waals surface area contributed by atoms with Crippen molar-refractivity contribution in [2.75, 3.05) is 26.0 Å². The van der Waals surface area contributed by atoms with E-state index in [1.54, 1.807) is 0 Å².